The Hall–Kier alpha value is -3.26. The number of piperidine rings is 1. The largest absolute Gasteiger partial charge is 0.489 e. The van der Waals surface area contributed by atoms with Crippen LogP contribution < -0.4 is 19.1 Å². The zero-order valence-corrected chi connectivity index (χ0v) is 25.6. The minimum Gasteiger partial charge on any atom is -0.489 e. The van der Waals surface area contributed by atoms with Gasteiger partial charge in [0.15, 0.2) is 5.75 Å². The van der Waals surface area contributed by atoms with Crippen molar-refractivity contribution < 1.29 is 17.9 Å². The summed E-state index contributed by atoms with van der Waals surface area (Å²) in [7, 11) is -3.50. The standard InChI is InChI=1S/C29H33Cl2N5O4S/c1-29(2,23-15-20(17-32)26(25(31)16-23)39-14-11-30)22-7-9-24(10-8-22)40-19-21-18-33-28(35-41(3,37)38)34-27(21)36-12-5-4-6-13-36/h7-10,15-16,18H,4-6,11-14,19H2,1-3H3,(H,33,34,35). The monoisotopic (exact) mass is 617 g/mol. The summed E-state index contributed by atoms with van der Waals surface area (Å²) in [5.74, 6) is 2.01. The summed E-state index contributed by atoms with van der Waals surface area (Å²) in [4.78, 5) is 10.9. The van der Waals surface area contributed by atoms with E-state index in [-0.39, 0.29) is 19.2 Å². The number of sulfonamides is 1. The van der Waals surface area contributed by atoms with E-state index in [2.05, 4.69) is 39.5 Å². The minimum atomic E-state index is -3.50. The van der Waals surface area contributed by atoms with Gasteiger partial charge in [0.2, 0.25) is 16.0 Å². The van der Waals surface area contributed by atoms with Gasteiger partial charge in [0.25, 0.3) is 0 Å². The van der Waals surface area contributed by atoms with Gasteiger partial charge in [-0.25, -0.2) is 13.4 Å². The van der Waals surface area contributed by atoms with E-state index in [0.717, 1.165) is 55.3 Å². The fraction of sp³-hybridized carbons (Fsp3) is 0.414. The maximum absolute atomic E-state index is 11.7. The first-order chi connectivity index (χ1) is 19.5. The lowest BCUT2D eigenvalue weighted by Crippen LogP contribution is -2.31. The lowest BCUT2D eigenvalue weighted by Gasteiger charge is -2.29. The van der Waals surface area contributed by atoms with Crippen LogP contribution in [0.25, 0.3) is 0 Å². The van der Waals surface area contributed by atoms with Crippen LogP contribution in [0.3, 0.4) is 0 Å². The van der Waals surface area contributed by atoms with Crippen LogP contribution in [-0.4, -0.2) is 50.2 Å². The molecule has 4 rings (SSSR count). The van der Waals surface area contributed by atoms with E-state index in [0.29, 0.717) is 33.8 Å². The van der Waals surface area contributed by atoms with Crippen molar-refractivity contribution in [3.63, 3.8) is 0 Å². The number of hydrogen-bond acceptors (Lipinski definition) is 8. The molecule has 218 valence electrons. The maximum atomic E-state index is 11.7. The first-order valence-corrected chi connectivity index (χ1v) is 16.1. The number of benzene rings is 2. The van der Waals surface area contributed by atoms with Gasteiger partial charge in [0, 0.05) is 24.7 Å². The molecule has 0 spiro atoms. The first-order valence-electron chi connectivity index (χ1n) is 13.3. The molecule has 3 aromatic rings. The third-order valence-corrected chi connectivity index (χ3v) is 7.94. The average molecular weight is 619 g/mol. The van der Waals surface area contributed by atoms with E-state index >= 15 is 0 Å². The Morgan fingerprint density at radius 2 is 1.80 bits per heavy atom. The summed E-state index contributed by atoms with van der Waals surface area (Å²) < 4.78 is 37.5. The molecular formula is C29H33Cl2N5O4S. The van der Waals surface area contributed by atoms with Crippen molar-refractivity contribution in [3.8, 4) is 17.6 Å². The predicted molar refractivity (Wildman–Crippen MR) is 162 cm³/mol. The van der Waals surface area contributed by atoms with E-state index < -0.39 is 15.4 Å². The Morgan fingerprint density at radius 3 is 2.44 bits per heavy atom. The third kappa shape index (κ3) is 7.73. The van der Waals surface area contributed by atoms with Gasteiger partial charge in [-0.15, -0.1) is 11.6 Å². The number of rotatable bonds is 11. The summed E-state index contributed by atoms with van der Waals surface area (Å²) in [6.07, 6.45) is 5.92. The van der Waals surface area contributed by atoms with Gasteiger partial charge in [0.05, 0.1) is 28.3 Å². The number of nitrogens with one attached hydrogen (secondary N) is 1. The molecule has 1 fully saturated rings. The van der Waals surface area contributed by atoms with Gasteiger partial charge in [-0.2, -0.15) is 10.2 Å². The smallest absolute Gasteiger partial charge is 0.238 e. The summed E-state index contributed by atoms with van der Waals surface area (Å²) >= 11 is 12.2. The summed E-state index contributed by atoms with van der Waals surface area (Å²) in [6, 6.07) is 13.5. The molecule has 0 bridgehead atoms. The molecule has 12 heteroatoms. The van der Waals surface area contributed by atoms with E-state index in [1.807, 2.05) is 30.3 Å². The van der Waals surface area contributed by atoms with Crippen LogP contribution in [0.1, 0.15) is 55.4 Å². The third-order valence-electron chi connectivity index (χ3n) is 6.95. The predicted octanol–water partition coefficient (Wildman–Crippen LogP) is 5.89. The second-order valence-electron chi connectivity index (χ2n) is 10.4. The minimum absolute atomic E-state index is 0.0432. The molecule has 2 aromatic carbocycles. The molecule has 0 aliphatic carbocycles. The van der Waals surface area contributed by atoms with Crippen LogP contribution in [0.4, 0.5) is 11.8 Å². The van der Waals surface area contributed by atoms with Gasteiger partial charge < -0.3 is 14.4 Å². The highest BCUT2D eigenvalue weighted by Gasteiger charge is 2.26. The van der Waals surface area contributed by atoms with Crippen molar-refractivity contribution in [2.45, 2.75) is 45.1 Å². The molecule has 1 saturated heterocycles. The highest BCUT2D eigenvalue weighted by molar-refractivity contribution is 7.91. The molecule has 1 N–H and O–H groups in total. The van der Waals surface area contributed by atoms with E-state index in [9.17, 15) is 13.7 Å². The quantitative estimate of drug-likeness (QED) is 0.265. The zero-order chi connectivity index (χ0) is 29.6. The Bertz CT molecular complexity index is 1520. The number of anilines is 2. The van der Waals surface area contributed by atoms with Gasteiger partial charge >= 0.3 is 0 Å². The molecule has 1 aromatic heterocycles. The molecule has 0 saturated carbocycles. The van der Waals surface area contributed by atoms with E-state index in [1.165, 1.54) is 0 Å². The molecule has 1 aliphatic rings. The molecule has 41 heavy (non-hydrogen) atoms. The first kappa shape index (κ1) is 30.7. The SMILES string of the molecule is CC(C)(c1ccc(OCc2cnc(NS(C)(=O)=O)nc2N2CCCCC2)cc1)c1cc(Cl)c(OCCCl)c(C#N)c1. The second-order valence-corrected chi connectivity index (χ2v) is 12.9. The molecule has 0 radical (unpaired) electrons. The number of nitriles is 1. The number of alkyl halides is 1. The number of aromatic nitrogens is 2. The zero-order valence-electron chi connectivity index (χ0n) is 23.3. The van der Waals surface area contributed by atoms with Gasteiger partial charge in [-0.05, 0) is 54.7 Å². The Morgan fingerprint density at radius 1 is 1.10 bits per heavy atom. The molecule has 2 heterocycles. The molecular weight excluding hydrogens is 585 g/mol. The Balaban J connectivity index is 1.52. The summed E-state index contributed by atoms with van der Waals surface area (Å²) in [5.41, 5.74) is 2.54. The van der Waals surface area contributed by atoms with Crippen LogP contribution in [-0.2, 0) is 22.0 Å². The van der Waals surface area contributed by atoms with E-state index in [4.69, 9.17) is 32.7 Å². The average Bonchev–Trinajstić information content (AvgIpc) is 2.95. The van der Waals surface area contributed by atoms with E-state index in [1.54, 1.807) is 12.3 Å². The number of nitrogens with zero attached hydrogens (tertiary/aromatic N) is 4. The summed E-state index contributed by atoms with van der Waals surface area (Å²) in [6.45, 7) is 6.27. The summed E-state index contributed by atoms with van der Waals surface area (Å²) in [5, 5.41) is 10.0. The highest BCUT2D eigenvalue weighted by atomic mass is 35.5. The van der Waals surface area contributed by atoms with Crippen LogP contribution >= 0.6 is 23.2 Å². The number of ether oxygens (including phenoxy) is 2. The fourth-order valence-corrected chi connectivity index (χ4v) is 5.50. The van der Waals surface area contributed by atoms with Crippen molar-refractivity contribution >= 4 is 45.0 Å². The number of hydrogen-bond donors (Lipinski definition) is 1. The molecule has 1 aliphatic heterocycles. The molecule has 0 unspecified atom stereocenters. The van der Waals surface area contributed by atoms with Crippen LogP contribution in [0.2, 0.25) is 5.02 Å². The Kier molecular flexibility index (Phi) is 9.84. The van der Waals surface area contributed by atoms with Crippen LogP contribution in [0.5, 0.6) is 11.5 Å². The lowest BCUT2D eigenvalue weighted by atomic mass is 9.77. The molecule has 0 amide bonds. The van der Waals surface area contributed by atoms with Gasteiger partial charge in [-0.3, -0.25) is 4.72 Å². The van der Waals surface area contributed by atoms with Gasteiger partial charge in [0.1, 0.15) is 30.9 Å². The topological polar surface area (TPSA) is 117 Å². The van der Waals surface area contributed by atoms with Crippen molar-refractivity contribution in [2.75, 3.05) is 41.5 Å². The van der Waals surface area contributed by atoms with Crippen LogP contribution in [0, 0.1) is 11.3 Å². The Labute approximate surface area is 251 Å². The van der Waals surface area contributed by atoms with Crippen LogP contribution in [0.15, 0.2) is 42.6 Å². The lowest BCUT2D eigenvalue weighted by molar-refractivity contribution is 0.305. The van der Waals surface area contributed by atoms with Crippen molar-refractivity contribution in [2.24, 2.45) is 0 Å². The van der Waals surface area contributed by atoms with Gasteiger partial charge in [-0.1, -0.05) is 37.6 Å². The maximum Gasteiger partial charge on any atom is 0.238 e. The second kappa shape index (κ2) is 13.1. The van der Waals surface area contributed by atoms with Crippen molar-refractivity contribution in [1.29, 1.82) is 5.26 Å². The van der Waals surface area contributed by atoms with Crippen molar-refractivity contribution in [3.05, 3.63) is 69.9 Å². The number of halogens is 2. The normalized spacial score (nSPS) is 13.9. The molecule has 9 nitrogen and oxygen atoms in total. The van der Waals surface area contributed by atoms with Crippen molar-refractivity contribution in [1.82, 2.24) is 9.97 Å². The highest BCUT2D eigenvalue weighted by Crippen LogP contribution is 2.38. The fourth-order valence-electron chi connectivity index (χ4n) is 4.71. The molecule has 0 atom stereocenters.